The Kier molecular flexibility index (Phi) is 5.43. The van der Waals surface area contributed by atoms with Gasteiger partial charge in [-0.3, -0.25) is 10.1 Å². The van der Waals surface area contributed by atoms with Crippen molar-refractivity contribution in [2.75, 3.05) is 13.1 Å². The standard InChI is InChI=1S/C18H19FN2O5S/c1-13-5-4-10-20(12-13)27(24,25)14-8-9-18(16(11-14)21(22)23)26-17-7-3-2-6-15(17)19/h2-3,6-9,11,13H,4-5,10,12H2,1H3. The van der Waals surface area contributed by atoms with Gasteiger partial charge in [0.15, 0.2) is 11.6 Å². The summed E-state index contributed by atoms with van der Waals surface area (Å²) in [6.45, 7) is 2.73. The fourth-order valence-electron chi connectivity index (χ4n) is 3.05. The molecule has 1 aliphatic heterocycles. The fourth-order valence-corrected chi connectivity index (χ4v) is 4.67. The summed E-state index contributed by atoms with van der Waals surface area (Å²) in [4.78, 5) is 10.5. The summed E-state index contributed by atoms with van der Waals surface area (Å²) in [6, 6.07) is 8.89. The SMILES string of the molecule is CC1CCCN(S(=O)(=O)c2ccc(Oc3ccccc3F)c([N+](=O)[O-])c2)C1. The molecule has 1 heterocycles. The van der Waals surface area contributed by atoms with Crippen LogP contribution < -0.4 is 4.74 Å². The van der Waals surface area contributed by atoms with E-state index in [-0.39, 0.29) is 22.3 Å². The number of rotatable bonds is 5. The van der Waals surface area contributed by atoms with E-state index in [4.69, 9.17) is 4.74 Å². The molecule has 0 spiro atoms. The molecule has 1 saturated heterocycles. The van der Waals surface area contributed by atoms with Gasteiger partial charge in [0, 0.05) is 19.2 Å². The predicted molar refractivity (Wildman–Crippen MR) is 96.7 cm³/mol. The molecule has 1 aliphatic rings. The topological polar surface area (TPSA) is 89.8 Å². The average Bonchev–Trinajstić information content (AvgIpc) is 2.63. The Morgan fingerprint density at radius 3 is 2.63 bits per heavy atom. The molecule has 0 radical (unpaired) electrons. The number of benzene rings is 2. The van der Waals surface area contributed by atoms with Crippen molar-refractivity contribution in [1.82, 2.24) is 4.31 Å². The average molecular weight is 394 g/mol. The van der Waals surface area contributed by atoms with Crippen LogP contribution in [0.4, 0.5) is 10.1 Å². The third-order valence-electron chi connectivity index (χ3n) is 4.44. The Hall–Kier alpha value is -2.52. The van der Waals surface area contributed by atoms with Crippen molar-refractivity contribution in [3.8, 4) is 11.5 Å². The Labute approximate surface area is 156 Å². The Morgan fingerprint density at radius 1 is 1.22 bits per heavy atom. The van der Waals surface area contributed by atoms with Gasteiger partial charge < -0.3 is 4.74 Å². The van der Waals surface area contributed by atoms with Crippen LogP contribution in [0.2, 0.25) is 0 Å². The second kappa shape index (κ2) is 7.61. The first-order valence-electron chi connectivity index (χ1n) is 8.50. The number of ether oxygens (including phenoxy) is 1. The molecule has 2 aromatic carbocycles. The van der Waals surface area contributed by atoms with E-state index in [0.717, 1.165) is 25.0 Å². The van der Waals surface area contributed by atoms with Crippen molar-refractivity contribution in [3.63, 3.8) is 0 Å². The third kappa shape index (κ3) is 4.09. The van der Waals surface area contributed by atoms with Gasteiger partial charge in [-0.05, 0) is 43.0 Å². The van der Waals surface area contributed by atoms with Crippen LogP contribution in [0, 0.1) is 21.8 Å². The molecule has 9 heteroatoms. The minimum absolute atomic E-state index is 0.177. The molecule has 0 bridgehead atoms. The molecule has 0 saturated carbocycles. The van der Waals surface area contributed by atoms with Gasteiger partial charge in [0.1, 0.15) is 0 Å². The number of sulfonamides is 1. The molecular weight excluding hydrogens is 375 g/mol. The van der Waals surface area contributed by atoms with E-state index >= 15 is 0 Å². The molecule has 2 aromatic rings. The van der Waals surface area contributed by atoms with Crippen LogP contribution in [0.5, 0.6) is 11.5 Å². The Morgan fingerprint density at radius 2 is 1.96 bits per heavy atom. The van der Waals surface area contributed by atoms with Crippen LogP contribution in [-0.2, 0) is 10.0 Å². The molecule has 0 aliphatic carbocycles. The summed E-state index contributed by atoms with van der Waals surface area (Å²) in [5.74, 6) is -0.852. The lowest BCUT2D eigenvalue weighted by Gasteiger charge is -2.30. The second-order valence-electron chi connectivity index (χ2n) is 6.53. The van der Waals surface area contributed by atoms with Crippen molar-refractivity contribution in [3.05, 3.63) is 58.4 Å². The van der Waals surface area contributed by atoms with E-state index < -0.39 is 26.5 Å². The molecule has 1 unspecified atom stereocenters. The molecule has 7 nitrogen and oxygen atoms in total. The van der Waals surface area contributed by atoms with E-state index in [2.05, 4.69) is 0 Å². The zero-order valence-corrected chi connectivity index (χ0v) is 15.5. The number of nitro benzene ring substituents is 1. The molecule has 0 N–H and O–H groups in total. The first kappa shape index (κ1) is 19.2. The third-order valence-corrected chi connectivity index (χ3v) is 6.30. The lowest BCUT2D eigenvalue weighted by Crippen LogP contribution is -2.39. The molecule has 0 aromatic heterocycles. The number of hydrogen-bond donors (Lipinski definition) is 0. The quantitative estimate of drug-likeness (QED) is 0.566. The predicted octanol–water partition coefficient (Wildman–Crippen LogP) is 3.95. The van der Waals surface area contributed by atoms with Crippen molar-refractivity contribution in [2.24, 2.45) is 5.92 Å². The van der Waals surface area contributed by atoms with Gasteiger partial charge in [-0.15, -0.1) is 0 Å². The lowest BCUT2D eigenvalue weighted by atomic mass is 10.0. The summed E-state index contributed by atoms with van der Waals surface area (Å²) in [5, 5.41) is 11.4. The summed E-state index contributed by atoms with van der Waals surface area (Å²) in [6.07, 6.45) is 1.69. The second-order valence-corrected chi connectivity index (χ2v) is 8.47. The van der Waals surface area contributed by atoms with E-state index in [1.807, 2.05) is 6.92 Å². The van der Waals surface area contributed by atoms with Crippen molar-refractivity contribution >= 4 is 15.7 Å². The van der Waals surface area contributed by atoms with Crippen LogP contribution in [0.3, 0.4) is 0 Å². The van der Waals surface area contributed by atoms with Crippen LogP contribution in [0.15, 0.2) is 47.4 Å². The van der Waals surface area contributed by atoms with Crippen LogP contribution in [0.1, 0.15) is 19.8 Å². The minimum atomic E-state index is -3.85. The molecule has 1 fully saturated rings. The van der Waals surface area contributed by atoms with Gasteiger partial charge >= 0.3 is 5.69 Å². The normalized spacial score (nSPS) is 18.2. The van der Waals surface area contributed by atoms with Crippen LogP contribution in [0.25, 0.3) is 0 Å². The number of nitro groups is 1. The number of hydrogen-bond acceptors (Lipinski definition) is 5. The monoisotopic (exact) mass is 394 g/mol. The highest BCUT2D eigenvalue weighted by molar-refractivity contribution is 7.89. The number of piperidine rings is 1. The maximum atomic E-state index is 13.8. The fraction of sp³-hybridized carbons (Fsp3) is 0.333. The van der Waals surface area contributed by atoms with Gasteiger partial charge in [0.2, 0.25) is 15.8 Å². The highest BCUT2D eigenvalue weighted by Crippen LogP contribution is 2.35. The molecular formula is C18H19FN2O5S. The summed E-state index contributed by atoms with van der Waals surface area (Å²) in [7, 11) is -3.85. The van der Waals surface area contributed by atoms with Gasteiger partial charge in [0.05, 0.1) is 9.82 Å². The van der Waals surface area contributed by atoms with Crippen molar-refractivity contribution < 1.29 is 22.5 Å². The number of para-hydroxylation sites is 1. The van der Waals surface area contributed by atoms with Crippen LogP contribution in [-0.4, -0.2) is 30.7 Å². The smallest absolute Gasteiger partial charge is 0.312 e. The molecule has 27 heavy (non-hydrogen) atoms. The first-order valence-corrected chi connectivity index (χ1v) is 9.94. The van der Waals surface area contributed by atoms with E-state index in [9.17, 15) is 22.9 Å². The van der Waals surface area contributed by atoms with E-state index in [0.29, 0.717) is 13.1 Å². The highest BCUT2D eigenvalue weighted by Gasteiger charge is 2.31. The zero-order chi connectivity index (χ0) is 19.6. The summed E-state index contributed by atoms with van der Waals surface area (Å²) < 4.78 is 46.1. The molecule has 3 rings (SSSR count). The molecule has 1 atom stereocenters. The van der Waals surface area contributed by atoms with Gasteiger partial charge in [-0.1, -0.05) is 19.1 Å². The highest BCUT2D eigenvalue weighted by atomic mass is 32.2. The first-order chi connectivity index (χ1) is 12.8. The Bertz CT molecular complexity index is 964. The van der Waals surface area contributed by atoms with Gasteiger partial charge in [-0.25, -0.2) is 12.8 Å². The largest absolute Gasteiger partial charge is 0.447 e. The van der Waals surface area contributed by atoms with Gasteiger partial charge in [0.25, 0.3) is 0 Å². The summed E-state index contributed by atoms with van der Waals surface area (Å²) in [5.41, 5.74) is -0.538. The number of halogens is 1. The minimum Gasteiger partial charge on any atom is -0.447 e. The zero-order valence-electron chi connectivity index (χ0n) is 14.7. The lowest BCUT2D eigenvalue weighted by molar-refractivity contribution is -0.385. The maximum Gasteiger partial charge on any atom is 0.312 e. The van der Waals surface area contributed by atoms with Crippen LogP contribution >= 0.6 is 0 Å². The van der Waals surface area contributed by atoms with E-state index in [1.165, 1.54) is 34.6 Å². The summed E-state index contributed by atoms with van der Waals surface area (Å²) >= 11 is 0. The van der Waals surface area contributed by atoms with E-state index in [1.54, 1.807) is 0 Å². The number of nitrogens with zero attached hydrogens (tertiary/aromatic N) is 2. The van der Waals surface area contributed by atoms with Crippen molar-refractivity contribution in [2.45, 2.75) is 24.7 Å². The van der Waals surface area contributed by atoms with Gasteiger partial charge in [-0.2, -0.15) is 4.31 Å². The molecule has 0 amide bonds. The molecule has 144 valence electrons. The Balaban J connectivity index is 1.96. The van der Waals surface area contributed by atoms with Crippen molar-refractivity contribution in [1.29, 1.82) is 0 Å². The maximum absolute atomic E-state index is 13.8.